The van der Waals surface area contributed by atoms with E-state index in [2.05, 4.69) is 26.7 Å². The van der Waals surface area contributed by atoms with Crippen LogP contribution in [0.4, 0.5) is 0 Å². The molecule has 0 spiro atoms. The van der Waals surface area contributed by atoms with Crippen molar-refractivity contribution >= 4 is 29.0 Å². The molecule has 0 bridgehead atoms. The maximum atomic E-state index is 10.9. The van der Waals surface area contributed by atoms with Gasteiger partial charge in [0.25, 0.3) is 0 Å². The molecule has 0 amide bonds. The number of esters is 1. The van der Waals surface area contributed by atoms with Gasteiger partial charge in [-0.3, -0.25) is 5.43 Å². The zero-order valence-electron chi connectivity index (χ0n) is 8.66. The summed E-state index contributed by atoms with van der Waals surface area (Å²) in [5, 5.41) is 7.11. The number of ether oxygens (including phenoxy) is 1. The van der Waals surface area contributed by atoms with Crippen LogP contribution in [0, 0.1) is 0 Å². The third-order valence-electron chi connectivity index (χ3n) is 1.77. The number of rotatable bonds is 4. The van der Waals surface area contributed by atoms with Crippen molar-refractivity contribution in [1.82, 2.24) is 10.7 Å². The quantitative estimate of drug-likeness (QED) is 0.238. The van der Waals surface area contributed by atoms with Gasteiger partial charge in [-0.2, -0.15) is 5.10 Å². The van der Waals surface area contributed by atoms with Crippen LogP contribution in [0.5, 0.6) is 0 Å². The molecule has 0 aromatic rings. The van der Waals surface area contributed by atoms with Crippen LogP contribution in [0.3, 0.4) is 0 Å². The Balaban J connectivity index is 2.24. The van der Waals surface area contributed by atoms with Gasteiger partial charge in [-0.05, 0) is 25.6 Å². The van der Waals surface area contributed by atoms with Crippen molar-refractivity contribution in [1.29, 1.82) is 0 Å². The molecule has 15 heavy (non-hydrogen) atoms. The molecule has 5 nitrogen and oxygen atoms in total. The molecule has 0 atom stereocenters. The third-order valence-corrected chi connectivity index (χ3v) is 2.01. The highest BCUT2D eigenvalue weighted by molar-refractivity contribution is 7.80. The lowest BCUT2D eigenvalue weighted by atomic mass is 10.4. The Hall–Kier alpha value is -1.43. The topological polar surface area (TPSA) is 62.7 Å². The fourth-order valence-electron chi connectivity index (χ4n) is 0.778. The predicted molar refractivity (Wildman–Crippen MR) is 61.6 cm³/mol. The largest absolute Gasteiger partial charge is 0.464 e. The second kappa shape index (κ2) is 5.45. The molecule has 82 valence electrons. The number of nitrogens with zero attached hydrogens (tertiary/aromatic N) is 1. The van der Waals surface area contributed by atoms with Crippen LogP contribution in [-0.2, 0) is 9.53 Å². The van der Waals surface area contributed by atoms with Gasteiger partial charge >= 0.3 is 5.97 Å². The summed E-state index contributed by atoms with van der Waals surface area (Å²) in [7, 11) is 1.30. The minimum Gasteiger partial charge on any atom is -0.464 e. The van der Waals surface area contributed by atoms with E-state index >= 15 is 0 Å². The summed E-state index contributed by atoms with van der Waals surface area (Å²) in [6.45, 7) is 2.28. The molecule has 0 unspecified atom stereocenters. The van der Waals surface area contributed by atoms with Crippen molar-refractivity contribution in [2.24, 2.45) is 5.10 Å². The summed E-state index contributed by atoms with van der Waals surface area (Å²) < 4.78 is 4.47. The standard InChI is InChI=1S/C9H13N3O2S/c1-6(8(13)14-2)11-12-9(15)10-5-7-3-4-7/h3H,4-5H2,1-2H3,(H2,10,12,15)/b11-6-. The van der Waals surface area contributed by atoms with E-state index in [1.165, 1.54) is 12.7 Å². The Kier molecular flexibility index (Phi) is 4.23. The number of hydrogen-bond donors (Lipinski definition) is 2. The van der Waals surface area contributed by atoms with Crippen LogP contribution in [0.1, 0.15) is 13.3 Å². The molecule has 1 aliphatic carbocycles. The van der Waals surface area contributed by atoms with Crippen molar-refractivity contribution in [2.75, 3.05) is 13.7 Å². The fraction of sp³-hybridized carbons (Fsp3) is 0.444. The maximum absolute atomic E-state index is 10.9. The third kappa shape index (κ3) is 4.55. The highest BCUT2D eigenvalue weighted by atomic mass is 32.1. The zero-order chi connectivity index (χ0) is 11.3. The van der Waals surface area contributed by atoms with E-state index in [1.54, 1.807) is 6.92 Å². The van der Waals surface area contributed by atoms with E-state index in [4.69, 9.17) is 12.2 Å². The Morgan fingerprint density at radius 1 is 1.73 bits per heavy atom. The summed E-state index contributed by atoms with van der Waals surface area (Å²) in [6.07, 6.45) is 3.17. The Morgan fingerprint density at radius 3 is 2.93 bits per heavy atom. The van der Waals surface area contributed by atoms with Crippen LogP contribution in [0.25, 0.3) is 0 Å². The van der Waals surface area contributed by atoms with Gasteiger partial charge in [0.15, 0.2) is 5.11 Å². The number of hydrazone groups is 1. The molecule has 6 heteroatoms. The number of carbonyl (C=O) groups excluding carboxylic acids is 1. The normalized spacial score (nSPS) is 14.0. The molecule has 0 aromatic carbocycles. The van der Waals surface area contributed by atoms with E-state index in [9.17, 15) is 4.79 Å². The average molecular weight is 227 g/mol. The van der Waals surface area contributed by atoms with Crippen LogP contribution in [-0.4, -0.2) is 30.4 Å². The fourth-order valence-corrected chi connectivity index (χ4v) is 0.896. The summed E-state index contributed by atoms with van der Waals surface area (Å²) >= 11 is 4.93. The van der Waals surface area contributed by atoms with Gasteiger partial charge in [0.05, 0.1) is 7.11 Å². The number of nitrogens with one attached hydrogen (secondary N) is 2. The van der Waals surface area contributed by atoms with Crippen LogP contribution < -0.4 is 10.7 Å². The number of hydrogen-bond acceptors (Lipinski definition) is 4. The molecule has 0 fully saturated rings. The van der Waals surface area contributed by atoms with E-state index in [0.29, 0.717) is 5.11 Å². The Labute approximate surface area is 93.6 Å². The summed E-state index contributed by atoms with van der Waals surface area (Å²) in [5.41, 5.74) is 4.12. The first-order valence-electron chi connectivity index (χ1n) is 4.48. The van der Waals surface area contributed by atoms with Crippen molar-refractivity contribution < 1.29 is 9.53 Å². The van der Waals surface area contributed by atoms with Gasteiger partial charge in [-0.1, -0.05) is 11.6 Å². The van der Waals surface area contributed by atoms with E-state index in [1.807, 2.05) is 0 Å². The van der Waals surface area contributed by atoms with Gasteiger partial charge in [0, 0.05) is 6.54 Å². The van der Waals surface area contributed by atoms with Gasteiger partial charge < -0.3 is 10.1 Å². The van der Waals surface area contributed by atoms with Crippen molar-refractivity contribution in [3.05, 3.63) is 11.6 Å². The first-order chi connectivity index (χ1) is 7.13. The van der Waals surface area contributed by atoms with Gasteiger partial charge in [0.2, 0.25) is 0 Å². The molecule has 1 rings (SSSR count). The van der Waals surface area contributed by atoms with Crippen LogP contribution in [0.2, 0.25) is 0 Å². The van der Waals surface area contributed by atoms with Crippen molar-refractivity contribution in [3.8, 4) is 0 Å². The minimum atomic E-state index is -0.477. The van der Waals surface area contributed by atoms with Crippen molar-refractivity contribution in [2.45, 2.75) is 13.3 Å². The second-order valence-corrected chi connectivity index (χ2v) is 3.46. The maximum Gasteiger partial charge on any atom is 0.353 e. The van der Waals surface area contributed by atoms with E-state index in [0.717, 1.165) is 13.0 Å². The lowest BCUT2D eigenvalue weighted by Gasteiger charge is -2.05. The molecule has 0 heterocycles. The molecular weight excluding hydrogens is 214 g/mol. The van der Waals surface area contributed by atoms with Crippen LogP contribution in [0.15, 0.2) is 16.8 Å². The lowest BCUT2D eigenvalue weighted by Crippen LogP contribution is -2.33. The predicted octanol–water partition coefficient (Wildman–Crippen LogP) is 0.329. The van der Waals surface area contributed by atoms with Gasteiger partial charge in [0.1, 0.15) is 5.71 Å². The molecule has 1 aliphatic rings. The monoisotopic (exact) mass is 227 g/mol. The molecule has 0 aromatic heterocycles. The smallest absolute Gasteiger partial charge is 0.353 e. The number of carbonyl (C=O) groups is 1. The van der Waals surface area contributed by atoms with E-state index in [-0.39, 0.29) is 5.71 Å². The number of methoxy groups -OCH3 is 1. The molecule has 0 aliphatic heterocycles. The second-order valence-electron chi connectivity index (χ2n) is 3.05. The molecular formula is C9H13N3O2S. The molecule has 2 N–H and O–H groups in total. The number of allylic oxidation sites excluding steroid dienone is 1. The zero-order valence-corrected chi connectivity index (χ0v) is 9.48. The minimum absolute atomic E-state index is 0.229. The highest BCUT2D eigenvalue weighted by Crippen LogP contribution is 2.15. The Morgan fingerprint density at radius 2 is 2.40 bits per heavy atom. The lowest BCUT2D eigenvalue weighted by molar-refractivity contribution is -0.132. The average Bonchev–Trinajstić information content (AvgIpc) is 3.05. The van der Waals surface area contributed by atoms with Crippen LogP contribution >= 0.6 is 12.2 Å². The van der Waals surface area contributed by atoms with Gasteiger partial charge in [-0.15, -0.1) is 0 Å². The molecule has 0 saturated heterocycles. The van der Waals surface area contributed by atoms with E-state index < -0.39 is 5.97 Å². The SMILES string of the molecule is COC(=O)/C(C)=N\NC(=S)NCC1=CC1. The van der Waals surface area contributed by atoms with Crippen molar-refractivity contribution in [3.63, 3.8) is 0 Å². The summed E-state index contributed by atoms with van der Waals surface area (Å²) in [4.78, 5) is 10.9. The highest BCUT2D eigenvalue weighted by Gasteiger charge is 2.07. The summed E-state index contributed by atoms with van der Waals surface area (Å²) in [5.74, 6) is -0.477. The van der Waals surface area contributed by atoms with Gasteiger partial charge in [-0.25, -0.2) is 4.79 Å². The molecule has 0 radical (unpaired) electrons. The summed E-state index contributed by atoms with van der Waals surface area (Å²) in [6, 6.07) is 0. The first-order valence-corrected chi connectivity index (χ1v) is 4.88. The molecule has 0 saturated carbocycles. The Bertz CT molecular complexity index is 336. The first kappa shape index (κ1) is 11.6. The number of thiocarbonyl (C=S) groups is 1.